The van der Waals surface area contributed by atoms with Gasteiger partial charge < -0.3 is 10.1 Å². The van der Waals surface area contributed by atoms with Crippen LogP contribution in [0.4, 0.5) is 0 Å². The van der Waals surface area contributed by atoms with E-state index in [2.05, 4.69) is 5.32 Å². The maximum absolute atomic E-state index is 5.89. The van der Waals surface area contributed by atoms with Crippen LogP contribution in [0.15, 0.2) is 18.2 Å². The van der Waals surface area contributed by atoms with Gasteiger partial charge in [-0.05, 0) is 44.1 Å². The summed E-state index contributed by atoms with van der Waals surface area (Å²) in [6.45, 7) is 2.03. The van der Waals surface area contributed by atoms with Crippen LogP contribution in [0.1, 0.15) is 12.8 Å². The second-order valence-corrected chi connectivity index (χ2v) is 4.55. The molecule has 0 bridgehead atoms. The molecule has 16 heavy (non-hydrogen) atoms. The Balaban J connectivity index is 0.00000128. The van der Waals surface area contributed by atoms with Crippen LogP contribution >= 0.6 is 35.6 Å². The van der Waals surface area contributed by atoms with Crippen LogP contribution < -0.4 is 10.1 Å². The molecule has 1 fully saturated rings. The van der Waals surface area contributed by atoms with E-state index in [1.54, 1.807) is 18.2 Å². The first-order valence-electron chi connectivity index (χ1n) is 5.07. The van der Waals surface area contributed by atoms with Gasteiger partial charge in [-0.1, -0.05) is 23.2 Å². The van der Waals surface area contributed by atoms with Gasteiger partial charge in [-0.25, -0.2) is 0 Å². The molecule has 2 nitrogen and oxygen atoms in total. The van der Waals surface area contributed by atoms with Gasteiger partial charge in [0.1, 0.15) is 11.9 Å². The summed E-state index contributed by atoms with van der Waals surface area (Å²) in [6.07, 6.45) is 2.34. The van der Waals surface area contributed by atoms with Crippen molar-refractivity contribution >= 4 is 35.6 Å². The first-order valence-corrected chi connectivity index (χ1v) is 5.83. The number of hydrogen-bond donors (Lipinski definition) is 1. The summed E-state index contributed by atoms with van der Waals surface area (Å²) in [7, 11) is 0. The highest BCUT2D eigenvalue weighted by Crippen LogP contribution is 2.26. The number of hydrogen-bond acceptors (Lipinski definition) is 2. The van der Waals surface area contributed by atoms with Crippen molar-refractivity contribution in [2.24, 2.45) is 0 Å². The van der Waals surface area contributed by atoms with E-state index in [1.807, 2.05) is 0 Å². The van der Waals surface area contributed by atoms with Crippen molar-refractivity contribution in [3.05, 3.63) is 28.2 Å². The van der Waals surface area contributed by atoms with Crippen LogP contribution in [0.3, 0.4) is 0 Å². The maximum Gasteiger partial charge on any atom is 0.122 e. The smallest absolute Gasteiger partial charge is 0.122 e. The van der Waals surface area contributed by atoms with Crippen molar-refractivity contribution in [3.8, 4) is 5.75 Å². The molecule has 0 spiro atoms. The molecule has 90 valence electrons. The van der Waals surface area contributed by atoms with Gasteiger partial charge in [-0.2, -0.15) is 0 Å². The quantitative estimate of drug-likeness (QED) is 0.896. The molecule has 2 rings (SSSR count). The molecule has 1 N–H and O–H groups in total. The minimum absolute atomic E-state index is 0. The lowest BCUT2D eigenvalue weighted by Gasteiger charge is -2.23. The number of piperidine rings is 1. The molecule has 0 aromatic heterocycles. The monoisotopic (exact) mass is 281 g/mol. The van der Waals surface area contributed by atoms with Gasteiger partial charge in [0, 0.05) is 10.0 Å². The largest absolute Gasteiger partial charge is 0.490 e. The standard InChI is InChI=1S/C11H13Cl2NO.ClH/c12-8-5-9(13)7-11(6-8)15-10-1-3-14-4-2-10;/h5-7,10,14H,1-4H2;1H. The predicted molar refractivity (Wildman–Crippen MR) is 70.2 cm³/mol. The number of rotatable bonds is 2. The zero-order chi connectivity index (χ0) is 10.7. The Hall–Kier alpha value is -0.150. The third kappa shape index (κ3) is 4.02. The number of halogens is 3. The fourth-order valence-electron chi connectivity index (χ4n) is 1.70. The van der Waals surface area contributed by atoms with Gasteiger partial charge in [-0.3, -0.25) is 0 Å². The van der Waals surface area contributed by atoms with Gasteiger partial charge in [0.2, 0.25) is 0 Å². The molecule has 0 saturated carbocycles. The Labute approximate surface area is 112 Å². The molecule has 1 aliphatic rings. The molecule has 1 aromatic rings. The Kier molecular flexibility index (Phi) is 5.70. The van der Waals surface area contributed by atoms with E-state index in [4.69, 9.17) is 27.9 Å². The average Bonchev–Trinajstić information content (AvgIpc) is 2.17. The van der Waals surface area contributed by atoms with E-state index in [0.29, 0.717) is 10.0 Å². The van der Waals surface area contributed by atoms with Crippen LogP contribution in [0.5, 0.6) is 5.75 Å². The molecule has 1 heterocycles. The Bertz CT molecular complexity index is 320. The van der Waals surface area contributed by atoms with Crippen molar-refractivity contribution in [3.63, 3.8) is 0 Å². The summed E-state index contributed by atoms with van der Waals surface area (Å²) in [5.41, 5.74) is 0. The molecule has 1 aromatic carbocycles. The van der Waals surface area contributed by atoms with Crippen LogP contribution in [0, 0.1) is 0 Å². The molecule has 5 heteroatoms. The molecular weight excluding hydrogens is 268 g/mol. The molecule has 1 aliphatic heterocycles. The predicted octanol–water partition coefficient (Wildman–Crippen LogP) is 3.55. The van der Waals surface area contributed by atoms with E-state index in [0.717, 1.165) is 31.7 Å². The van der Waals surface area contributed by atoms with E-state index in [-0.39, 0.29) is 18.5 Å². The summed E-state index contributed by atoms with van der Waals surface area (Å²) in [5.74, 6) is 0.763. The van der Waals surface area contributed by atoms with Crippen molar-refractivity contribution in [2.45, 2.75) is 18.9 Å². The number of nitrogens with one attached hydrogen (secondary N) is 1. The van der Waals surface area contributed by atoms with Crippen molar-refractivity contribution in [1.29, 1.82) is 0 Å². The molecule has 0 atom stereocenters. The van der Waals surface area contributed by atoms with Crippen LogP contribution in [0.25, 0.3) is 0 Å². The third-order valence-corrected chi connectivity index (χ3v) is 2.86. The van der Waals surface area contributed by atoms with E-state index in [9.17, 15) is 0 Å². The van der Waals surface area contributed by atoms with Gasteiger partial charge in [0.15, 0.2) is 0 Å². The first kappa shape index (κ1) is 13.9. The molecule has 0 amide bonds. The number of ether oxygens (including phenoxy) is 1. The second-order valence-electron chi connectivity index (χ2n) is 3.67. The Morgan fingerprint density at radius 1 is 1.06 bits per heavy atom. The van der Waals surface area contributed by atoms with Gasteiger partial charge in [-0.15, -0.1) is 12.4 Å². The molecule has 0 unspecified atom stereocenters. The maximum atomic E-state index is 5.89. The summed E-state index contributed by atoms with van der Waals surface area (Å²) in [5, 5.41) is 4.53. The summed E-state index contributed by atoms with van der Waals surface area (Å²) < 4.78 is 5.81. The first-order chi connectivity index (χ1) is 7.24. The molecular formula is C11H14Cl3NO. The lowest BCUT2D eigenvalue weighted by atomic mass is 10.1. The van der Waals surface area contributed by atoms with E-state index in [1.165, 1.54) is 0 Å². The van der Waals surface area contributed by atoms with Crippen molar-refractivity contribution in [1.82, 2.24) is 5.32 Å². The summed E-state index contributed by atoms with van der Waals surface area (Å²) in [4.78, 5) is 0. The second kappa shape index (κ2) is 6.55. The number of benzene rings is 1. The summed E-state index contributed by atoms with van der Waals surface area (Å²) in [6, 6.07) is 5.31. The zero-order valence-corrected chi connectivity index (χ0v) is 11.0. The highest BCUT2D eigenvalue weighted by Gasteiger charge is 2.14. The fraction of sp³-hybridized carbons (Fsp3) is 0.455. The highest BCUT2D eigenvalue weighted by atomic mass is 35.5. The van der Waals surface area contributed by atoms with Crippen LogP contribution in [-0.4, -0.2) is 19.2 Å². The normalized spacial score (nSPS) is 16.6. The van der Waals surface area contributed by atoms with Crippen LogP contribution in [-0.2, 0) is 0 Å². The summed E-state index contributed by atoms with van der Waals surface area (Å²) >= 11 is 11.8. The van der Waals surface area contributed by atoms with Gasteiger partial charge in [0.05, 0.1) is 0 Å². The zero-order valence-electron chi connectivity index (χ0n) is 8.71. The lowest BCUT2D eigenvalue weighted by Crippen LogP contribution is -2.34. The topological polar surface area (TPSA) is 21.3 Å². The Morgan fingerprint density at radius 2 is 1.62 bits per heavy atom. The molecule has 0 aliphatic carbocycles. The van der Waals surface area contributed by atoms with Crippen molar-refractivity contribution in [2.75, 3.05) is 13.1 Å². The van der Waals surface area contributed by atoms with Gasteiger partial charge in [0.25, 0.3) is 0 Å². The SMILES string of the molecule is Cl.Clc1cc(Cl)cc(OC2CCNCC2)c1. The average molecular weight is 283 g/mol. The lowest BCUT2D eigenvalue weighted by molar-refractivity contribution is 0.162. The highest BCUT2D eigenvalue weighted by molar-refractivity contribution is 6.34. The molecule has 1 saturated heterocycles. The minimum atomic E-state index is 0. The van der Waals surface area contributed by atoms with E-state index >= 15 is 0 Å². The van der Waals surface area contributed by atoms with Crippen molar-refractivity contribution < 1.29 is 4.74 Å². The fourth-order valence-corrected chi connectivity index (χ4v) is 2.21. The van der Waals surface area contributed by atoms with Crippen LogP contribution in [0.2, 0.25) is 10.0 Å². The van der Waals surface area contributed by atoms with Gasteiger partial charge >= 0.3 is 0 Å². The third-order valence-electron chi connectivity index (χ3n) is 2.42. The van der Waals surface area contributed by atoms with E-state index < -0.39 is 0 Å². The minimum Gasteiger partial charge on any atom is -0.490 e. The Morgan fingerprint density at radius 3 is 2.19 bits per heavy atom. The molecule has 0 radical (unpaired) electrons.